The van der Waals surface area contributed by atoms with Gasteiger partial charge in [0.15, 0.2) is 0 Å². The van der Waals surface area contributed by atoms with Gasteiger partial charge in [-0.2, -0.15) is 0 Å². The highest BCUT2D eigenvalue weighted by Crippen LogP contribution is 2.28. The molecule has 6 heteroatoms. The monoisotopic (exact) mass is 352 g/mol. The quantitative estimate of drug-likeness (QED) is 0.618. The number of hydrogen-bond donors (Lipinski definition) is 2. The van der Waals surface area contributed by atoms with Gasteiger partial charge in [0, 0.05) is 30.6 Å². The number of hydrogen-bond acceptors (Lipinski definition) is 4. The minimum Gasteiger partial charge on any atom is -0.427 e. The third kappa shape index (κ3) is 4.92. The Bertz CT molecular complexity index is 826. The minimum atomic E-state index is -0.438. The van der Waals surface area contributed by atoms with Crippen molar-refractivity contribution in [2.75, 3.05) is 5.32 Å². The van der Waals surface area contributed by atoms with E-state index in [1.165, 1.54) is 13.0 Å². The van der Waals surface area contributed by atoms with Crippen molar-refractivity contribution in [2.45, 2.75) is 26.3 Å². The SMILES string of the molecule is CC(=O)Oc1cccc(C(=O)Nc2ccc(CNC(=O)C3CC3)cc2)c1. The van der Waals surface area contributed by atoms with Crippen LogP contribution >= 0.6 is 0 Å². The molecule has 2 amide bonds. The fourth-order valence-corrected chi connectivity index (χ4v) is 2.46. The van der Waals surface area contributed by atoms with Crippen LogP contribution in [0.25, 0.3) is 0 Å². The number of anilines is 1. The standard InChI is InChI=1S/C20H20N2O4/c1-13(23)26-18-4-2-3-16(11-18)20(25)22-17-9-5-14(6-10-17)12-21-19(24)15-7-8-15/h2-6,9-11,15H,7-8,12H2,1H3,(H,21,24)(H,22,25). The summed E-state index contributed by atoms with van der Waals surface area (Å²) in [7, 11) is 0. The maximum absolute atomic E-state index is 12.3. The van der Waals surface area contributed by atoms with Crippen molar-refractivity contribution in [1.82, 2.24) is 5.32 Å². The molecule has 3 rings (SSSR count). The average molecular weight is 352 g/mol. The van der Waals surface area contributed by atoms with Crippen LogP contribution in [-0.2, 0) is 16.1 Å². The Balaban J connectivity index is 1.57. The van der Waals surface area contributed by atoms with Gasteiger partial charge in [0.05, 0.1) is 0 Å². The molecule has 0 atom stereocenters. The Morgan fingerprint density at radius 1 is 1.08 bits per heavy atom. The Morgan fingerprint density at radius 2 is 1.81 bits per heavy atom. The molecule has 0 saturated heterocycles. The molecular formula is C20H20N2O4. The maximum Gasteiger partial charge on any atom is 0.308 e. The molecule has 6 nitrogen and oxygen atoms in total. The first-order chi connectivity index (χ1) is 12.5. The Morgan fingerprint density at radius 3 is 2.46 bits per heavy atom. The number of nitrogens with one attached hydrogen (secondary N) is 2. The van der Waals surface area contributed by atoms with Crippen LogP contribution < -0.4 is 15.4 Å². The van der Waals surface area contributed by atoms with Gasteiger partial charge < -0.3 is 15.4 Å². The molecule has 0 bridgehead atoms. The summed E-state index contributed by atoms with van der Waals surface area (Å²) in [4.78, 5) is 35.0. The van der Waals surface area contributed by atoms with E-state index >= 15 is 0 Å². The fraction of sp³-hybridized carbons (Fsp3) is 0.250. The molecule has 1 aliphatic rings. The van der Waals surface area contributed by atoms with E-state index in [0.717, 1.165) is 18.4 Å². The minimum absolute atomic E-state index is 0.107. The second-order valence-electron chi connectivity index (χ2n) is 6.26. The summed E-state index contributed by atoms with van der Waals surface area (Å²) in [5.41, 5.74) is 2.00. The van der Waals surface area contributed by atoms with Crippen molar-refractivity contribution in [1.29, 1.82) is 0 Å². The zero-order chi connectivity index (χ0) is 18.5. The molecule has 0 unspecified atom stereocenters. The first-order valence-electron chi connectivity index (χ1n) is 8.48. The van der Waals surface area contributed by atoms with Gasteiger partial charge in [-0.25, -0.2) is 0 Å². The van der Waals surface area contributed by atoms with Gasteiger partial charge in [0.2, 0.25) is 5.91 Å². The molecule has 0 aliphatic heterocycles. The highest BCUT2D eigenvalue weighted by atomic mass is 16.5. The van der Waals surface area contributed by atoms with Crippen LogP contribution in [0.2, 0.25) is 0 Å². The predicted octanol–water partition coefficient (Wildman–Crippen LogP) is 2.89. The number of amides is 2. The molecule has 2 N–H and O–H groups in total. The Labute approximate surface area is 151 Å². The third-order valence-corrected chi connectivity index (χ3v) is 3.98. The fourth-order valence-electron chi connectivity index (χ4n) is 2.46. The van der Waals surface area contributed by atoms with Crippen molar-refractivity contribution in [2.24, 2.45) is 5.92 Å². The lowest BCUT2D eigenvalue weighted by Gasteiger charge is -2.08. The topological polar surface area (TPSA) is 84.5 Å². The van der Waals surface area contributed by atoms with Crippen molar-refractivity contribution in [3.05, 3.63) is 59.7 Å². The molecule has 26 heavy (non-hydrogen) atoms. The largest absolute Gasteiger partial charge is 0.427 e. The number of carbonyl (C=O) groups is 3. The van der Waals surface area contributed by atoms with Crippen molar-refractivity contribution in [3.8, 4) is 5.75 Å². The summed E-state index contributed by atoms with van der Waals surface area (Å²) in [5, 5.41) is 5.69. The second kappa shape index (κ2) is 7.82. The normalized spacial score (nSPS) is 13.0. The van der Waals surface area contributed by atoms with Gasteiger partial charge in [0.1, 0.15) is 5.75 Å². The maximum atomic E-state index is 12.3. The summed E-state index contributed by atoms with van der Waals surface area (Å²) in [6.45, 7) is 1.79. The summed E-state index contributed by atoms with van der Waals surface area (Å²) >= 11 is 0. The first-order valence-corrected chi connectivity index (χ1v) is 8.48. The van der Waals surface area contributed by atoms with Crippen molar-refractivity contribution in [3.63, 3.8) is 0 Å². The zero-order valence-corrected chi connectivity index (χ0v) is 14.5. The van der Waals surface area contributed by atoms with Crippen LogP contribution in [0.15, 0.2) is 48.5 Å². The van der Waals surface area contributed by atoms with E-state index in [2.05, 4.69) is 10.6 Å². The van der Waals surface area contributed by atoms with Gasteiger partial charge in [-0.1, -0.05) is 18.2 Å². The average Bonchev–Trinajstić information content (AvgIpc) is 3.46. The summed E-state index contributed by atoms with van der Waals surface area (Å²) < 4.78 is 4.98. The molecule has 1 fully saturated rings. The summed E-state index contributed by atoms with van der Waals surface area (Å²) in [6.07, 6.45) is 1.96. The third-order valence-electron chi connectivity index (χ3n) is 3.98. The van der Waals surface area contributed by atoms with Gasteiger partial charge >= 0.3 is 5.97 Å². The number of benzene rings is 2. The molecular weight excluding hydrogens is 332 g/mol. The lowest BCUT2D eigenvalue weighted by Crippen LogP contribution is -2.24. The first kappa shape index (κ1) is 17.7. The van der Waals surface area contributed by atoms with Crippen LogP contribution in [0, 0.1) is 5.92 Å². The number of ether oxygens (including phenoxy) is 1. The van der Waals surface area contributed by atoms with Crippen LogP contribution in [0.1, 0.15) is 35.7 Å². The molecule has 2 aromatic rings. The van der Waals surface area contributed by atoms with Gasteiger partial charge in [-0.15, -0.1) is 0 Å². The molecule has 1 aliphatic carbocycles. The molecule has 0 aromatic heterocycles. The zero-order valence-electron chi connectivity index (χ0n) is 14.5. The highest BCUT2D eigenvalue weighted by molar-refractivity contribution is 6.04. The van der Waals surface area contributed by atoms with E-state index < -0.39 is 5.97 Å². The van der Waals surface area contributed by atoms with Crippen LogP contribution in [0.5, 0.6) is 5.75 Å². The van der Waals surface area contributed by atoms with Crippen LogP contribution in [0.3, 0.4) is 0 Å². The van der Waals surface area contributed by atoms with E-state index in [0.29, 0.717) is 23.5 Å². The summed E-state index contributed by atoms with van der Waals surface area (Å²) in [6, 6.07) is 13.7. The van der Waals surface area contributed by atoms with E-state index in [1.807, 2.05) is 12.1 Å². The molecule has 2 aromatic carbocycles. The van der Waals surface area contributed by atoms with Crippen molar-refractivity contribution < 1.29 is 19.1 Å². The van der Waals surface area contributed by atoms with E-state index in [-0.39, 0.29) is 17.7 Å². The number of esters is 1. The lowest BCUT2D eigenvalue weighted by atomic mass is 10.1. The van der Waals surface area contributed by atoms with Gasteiger partial charge in [-0.05, 0) is 48.7 Å². The second-order valence-corrected chi connectivity index (χ2v) is 6.26. The van der Waals surface area contributed by atoms with E-state index in [9.17, 15) is 14.4 Å². The smallest absolute Gasteiger partial charge is 0.308 e. The van der Waals surface area contributed by atoms with E-state index in [4.69, 9.17) is 4.74 Å². The molecule has 1 saturated carbocycles. The van der Waals surface area contributed by atoms with Crippen LogP contribution in [-0.4, -0.2) is 17.8 Å². The Kier molecular flexibility index (Phi) is 5.31. The van der Waals surface area contributed by atoms with E-state index in [1.54, 1.807) is 30.3 Å². The number of carbonyl (C=O) groups excluding carboxylic acids is 3. The molecule has 0 spiro atoms. The Hall–Kier alpha value is -3.15. The van der Waals surface area contributed by atoms with Gasteiger partial charge in [-0.3, -0.25) is 14.4 Å². The predicted molar refractivity (Wildman–Crippen MR) is 96.7 cm³/mol. The molecule has 0 heterocycles. The van der Waals surface area contributed by atoms with Gasteiger partial charge in [0.25, 0.3) is 5.91 Å². The lowest BCUT2D eigenvalue weighted by molar-refractivity contribution is -0.131. The highest BCUT2D eigenvalue weighted by Gasteiger charge is 2.29. The molecule has 0 radical (unpaired) electrons. The summed E-state index contributed by atoms with van der Waals surface area (Å²) in [5.74, 6) is -0.112. The number of rotatable bonds is 6. The molecule has 134 valence electrons. The van der Waals surface area contributed by atoms with Crippen LogP contribution in [0.4, 0.5) is 5.69 Å². The van der Waals surface area contributed by atoms with Crippen molar-refractivity contribution >= 4 is 23.5 Å².